The quantitative estimate of drug-likeness (QED) is 0.615. The van der Waals surface area contributed by atoms with Crippen molar-refractivity contribution in [2.45, 2.75) is 6.92 Å². The maximum Gasteiger partial charge on any atom is -0.147 e. The van der Waals surface area contributed by atoms with Crippen LogP contribution in [-0.2, 0) is 7.81 Å². The van der Waals surface area contributed by atoms with Crippen LogP contribution in [0.5, 0.6) is 0 Å². The normalized spacial score (nSPS) is 3.78. The first-order valence-electron chi connectivity index (χ1n) is 1.14. The summed E-state index contributed by atoms with van der Waals surface area (Å²) < 4.78 is 4.24. The van der Waals surface area contributed by atoms with E-state index in [9.17, 15) is 4.79 Å². The molecule has 0 aromatic rings. The van der Waals surface area contributed by atoms with Gasteiger partial charge in [0.15, 0.2) is 0 Å². The smallest absolute Gasteiger partial charge is 0.147 e. The third kappa shape index (κ3) is 44.1. The van der Waals surface area contributed by atoms with Crippen LogP contribution in [-0.4, -0.2) is 29.4 Å². The summed E-state index contributed by atoms with van der Waals surface area (Å²) in [6.07, 6.45) is 0. The van der Waals surface area contributed by atoms with Crippen molar-refractivity contribution in [3.63, 3.8) is 0 Å². The second kappa shape index (κ2) is 22.7. The zero-order valence-electron chi connectivity index (χ0n) is 4.53. The van der Waals surface area contributed by atoms with Crippen LogP contribution in [0.2, 0.25) is 0 Å². The predicted octanol–water partition coefficient (Wildman–Crippen LogP) is 0.785. The van der Waals surface area contributed by atoms with Crippen LogP contribution in [0.15, 0.2) is 0 Å². The monoisotopic (exact) mass is 326 g/mol. The summed E-state index contributed by atoms with van der Waals surface area (Å²) in [5, 5.41) is 0. The molecule has 0 aliphatic rings. The van der Waals surface area contributed by atoms with E-state index in [-0.39, 0.29) is 55.6 Å². The van der Waals surface area contributed by atoms with Gasteiger partial charge in [0.25, 0.3) is 0 Å². The van der Waals surface area contributed by atoms with Crippen molar-refractivity contribution in [1.82, 2.24) is 0 Å². The Kier molecular flexibility index (Phi) is 79.3. The van der Waals surface area contributed by atoms with Gasteiger partial charge in [-0.1, -0.05) is 0 Å². The Morgan fingerprint density at radius 2 is 1.33 bits per heavy atom. The molecule has 0 saturated carbocycles. The molecule has 0 N–H and O–H groups in total. The number of halogens is 4. The number of rotatable bonds is 0. The Morgan fingerprint density at radius 3 is 1.33 bits per heavy atom. The standard InChI is InChI=1S/C2H4O2.4ClH.Sb.2H/c1-2(3)4;;;;;;;/h1H3,(H,3,4);4*1H;;;/q;;;;;+1;;/p-1. The first-order chi connectivity index (χ1) is 2.27. The minimum atomic E-state index is -0.188. The molecule has 0 amide bonds. The molecule has 0 radical (unpaired) electrons. The van der Waals surface area contributed by atoms with E-state index in [1.54, 1.807) is 0 Å². The van der Waals surface area contributed by atoms with Crippen molar-refractivity contribution >= 4 is 79.0 Å². The average molecular weight is 329 g/mol. The van der Waals surface area contributed by atoms with Crippen molar-refractivity contribution in [3.8, 4) is 0 Å². The van der Waals surface area contributed by atoms with Gasteiger partial charge in [-0.3, -0.25) is 0 Å². The van der Waals surface area contributed by atoms with E-state index in [1.807, 2.05) is 0 Å². The molecule has 62 valence electrons. The summed E-state index contributed by atoms with van der Waals surface area (Å²) in [6.45, 7) is 1.39. The summed E-state index contributed by atoms with van der Waals surface area (Å²) in [6, 6.07) is 0. The number of hydrogen-bond acceptors (Lipinski definition) is 2. The minimum absolute atomic E-state index is 0. The van der Waals surface area contributed by atoms with Gasteiger partial charge >= 0.3 is 44.1 Å². The first kappa shape index (κ1) is 31.4. The van der Waals surface area contributed by atoms with Crippen LogP contribution < -0.4 is 0 Å². The van der Waals surface area contributed by atoms with Gasteiger partial charge in [-0.2, -0.15) is 0 Å². The third-order valence-corrected chi connectivity index (χ3v) is 1.11. The van der Waals surface area contributed by atoms with Gasteiger partial charge in [-0.05, 0) is 0 Å². The molecule has 0 atom stereocenters. The van der Waals surface area contributed by atoms with Crippen molar-refractivity contribution in [2.24, 2.45) is 0 Å². The molecule has 0 fully saturated rings. The van der Waals surface area contributed by atoms with Crippen LogP contribution in [0, 0.1) is 0 Å². The molecule has 2 nitrogen and oxygen atoms in total. The molecule has 9 heavy (non-hydrogen) atoms. The van der Waals surface area contributed by atoms with Crippen LogP contribution in [0.4, 0.5) is 0 Å². The van der Waals surface area contributed by atoms with Crippen LogP contribution in [0.25, 0.3) is 0 Å². The Balaban J connectivity index is -0.0000000133. The molecular weight excluding hydrogens is 320 g/mol. The van der Waals surface area contributed by atoms with Crippen molar-refractivity contribution < 1.29 is 7.81 Å². The van der Waals surface area contributed by atoms with Gasteiger partial charge in [-0.25, -0.2) is 0 Å². The van der Waals surface area contributed by atoms with E-state index in [2.05, 4.69) is 3.02 Å². The van der Waals surface area contributed by atoms with Crippen LogP contribution >= 0.6 is 49.6 Å². The largest absolute Gasteiger partial charge is 0.147 e. The van der Waals surface area contributed by atoms with Gasteiger partial charge in [0.05, 0.1) is 0 Å². The second-order valence-electron chi connectivity index (χ2n) is 0.609. The van der Waals surface area contributed by atoms with Crippen LogP contribution in [0.1, 0.15) is 6.92 Å². The molecule has 0 rings (SSSR count). The maximum absolute atomic E-state index is 9.62. The molecule has 0 saturated heterocycles. The van der Waals surface area contributed by atoms with Gasteiger partial charge < -0.3 is 0 Å². The van der Waals surface area contributed by atoms with E-state index < -0.39 is 0 Å². The van der Waals surface area contributed by atoms with Crippen molar-refractivity contribution in [2.75, 3.05) is 0 Å². The second-order valence-corrected chi connectivity index (χ2v) is 1.28. The topological polar surface area (TPSA) is 26.3 Å². The summed E-state index contributed by atoms with van der Waals surface area (Å²) >= 11 is 0.577. The summed E-state index contributed by atoms with van der Waals surface area (Å²) in [7, 11) is 0. The van der Waals surface area contributed by atoms with Gasteiger partial charge in [0.1, 0.15) is 0 Å². The van der Waals surface area contributed by atoms with E-state index >= 15 is 0 Å². The van der Waals surface area contributed by atoms with Crippen molar-refractivity contribution in [1.29, 1.82) is 0 Å². The SMILES string of the molecule is CC(=O)[O][SbH2].Cl.Cl.Cl.Cl. The molecule has 0 heterocycles. The van der Waals surface area contributed by atoms with Gasteiger partial charge in [0, 0.05) is 0 Å². The molecule has 0 aromatic carbocycles. The summed E-state index contributed by atoms with van der Waals surface area (Å²) in [4.78, 5) is 9.62. The Hall–Kier alpha value is 1.45. The Bertz CT molecular complexity index is 51.8. The fourth-order valence-corrected chi connectivity index (χ4v) is 0. The molecule has 0 aliphatic heterocycles. The van der Waals surface area contributed by atoms with E-state index in [1.165, 1.54) is 6.92 Å². The molecule has 0 unspecified atom stereocenters. The van der Waals surface area contributed by atoms with E-state index in [4.69, 9.17) is 0 Å². The first-order valence-corrected chi connectivity index (χ1v) is 2.49. The Labute approximate surface area is 93.2 Å². The van der Waals surface area contributed by atoms with Crippen molar-refractivity contribution in [3.05, 3.63) is 0 Å². The minimum Gasteiger partial charge on any atom is -0.147 e. The third-order valence-electron chi connectivity index (χ3n) is 0.166. The molecule has 0 aromatic heterocycles. The number of carbonyl (C=O) groups excluding carboxylic acids is 1. The molecule has 7 heteroatoms. The molecular formula is C2H9Cl4O2Sb. The fraction of sp³-hybridized carbons (Fsp3) is 0.500. The predicted molar refractivity (Wildman–Crippen MR) is 49.3 cm³/mol. The average Bonchev–Trinajstić information content (AvgIpc) is 1.38. The molecule has 0 spiro atoms. The number of hydrogen-bond donors (Lipinski definition) is 0. The summed E-state index contributed by atoms with van der Waals surface area (Å²) in [5.74, 6) is -0.188. The van der Waals surface area contributed by atoms with Crippen LogP contribution in [0.3, 0.4) is 0 Å². The maximum atomic E-state index is 9.62. The zero-order valence-corrected chi connectivity index (χ0v) is 11.1. The Morgan fingerprint density at radius 1 is 1.22 bits per heavy atom. The fourth-order valence-electron chi connectivity index (χ4n) is 0. The van der Waals surface area contributed by atoms with E-state index in [0.717, 1.165) is 0 Å². The van der Waals surface area contributed by atoms with Gasteiger partial charge in [0.2, 0.25) is 0 Å². The molecule has 0 bridgehead atoms. The number of carbonyl (C=O) groups is 1. The van der Waals surface area contributed by atoms with Gasteiger partial charge in [-0.15, -0.1) is 49.6 Å². The summed E-state index contributed by atoms with van der Waals surface area (Å²) in [5.41, 5.74) is 0. The van der Waals surface area contributed by atoms with E-state index in [0.29, 0.717) is 23.4 Å². The molecule has 0 aliphatic carbocycles. The zero-order chi connectivity index (χ0) is 4.28.